The van der Waals surface area contributed by atoms with Crippen LogP contribution in [0.3, 0.4) is 0 Å². The largest absolute Gasteiger partial charge is 0.453 e. The average molecular weight is 336 g/mol. The molecule has 0 amide bonds. The van der Waals surface area contributed by atoms with E-state index in [0.29, 0.717) is 31.3 Å². The molecular weight excluding hydrogens is 304 g/mol. The first-order valence-electron chi connectivity index (χ1n) is 9.17. The van der Waals surface area contributed by atoms with Crippen molar-refractivity contribution in [2.24, 2.45) is 11.8 Å². The van der Waals surface area contributed by atoms with Crippen molar-refractivity contribution >= 4 is 5.97 Å². The van der Waals surface area contributed by atoms with Gasteiger partial charge < -0.3 is 14.9 Å². The molecule has 1 fully saturated rings. The fourth-order valence-electron chi connectivity index (χ4n) is 3.71. The van der Waals surface area contributed by atoms with Crippen LogP contribution in [-0.4, -0.2) is 34.0 Å². The molecule has 0 aromatic rings. The molecule has 2 rings (SSSR count). The molecule has 136 valence electrons. The Labute approximate surface area is 145 Å². The molecule has 4 nitrogen and oxygen atoms in total. The van der Waals surface area contributed by atoms with Crippen LogP contribution in [0.1, 0.15) is 65.7 Å². The summed E-state index contributed by atoms with van der Waals surface area (Å²) in [7, 11) is 0. The second-order valence-electron chi connectivity index (χ2n) is 7.93. The van der Waals surface area contributed by atoms with E-state index in [2.05, 4.69) is 26.5 Å². The van der Waals surface area contributed by atoms with E-state index in [1.807, 2.05) is 6.92 Å². The predicted octanol–water partition coefficient (Wildman–Crippen LogP) is 3.52. The normalized spacial score (nSPS) is 41.8. The first-order valence-corrected chi connectivity index (χ1v) is 9.17. The lowest BCUT2D eigenvalue weighted by Gasteiger charge is -2.33. The van der Waals surface area contributed by atoms with E-state index < -0.39 is 23.8 Å². The monoisotopic (exact) mass is 336 g/mol. The molecule has 4 heteroatoms. The molecule has 0 aromatic heterocycles. The lowest BCUT2D eigenvalue weighted by Crippen LogP contribution is -2.43. The summed E-state index contributed by atoms with van der Waals surface area (Å²) in [5.41, 5.74) is 0.787. The SMILES string of the molecule is C=C1C(=O)O[C@@]2(C)CC[C@H]1C[C@H](O)[C@H](C)CC/C=C(\C)CC[C@H]2O. The molecule has 1 saturated heterocycles. The van der Waals surface area contributed by atoms with Crippen molar-refractivity contribution in [2.75, 3.05) is 0 Å². The summed E-state index contributed by atoms with van der Waals surface area (Å²) >= 11 is 0. The number of rotatable bonds is 0. The maximum atomic E-state index is 12.4. The molecular formula is C20H32O4. The number of hydrogen-bond donors (Lipinski definition) is 2. The van der Waals surface area contributed by atoms with Gasteiger partial charge in [-0.05, 0) is 70.6 Å². The zero-order valence-corrected chi connectivity index (χ0v) is 15.3. The van der Waals surface area contributed by atoms with Crippen LogP contribution < -0.4 is 0 Å². The van der Waals surface area contributed by atoms with Crippen LogP contribution in [0.25, 0.3) is 0 Å². The number of aliphatic hydroxyl groups is 2. The van der Waals surface area contributed by atoms with Crippen molar-refractivity contribution in [1.29, 1.82) is 0 Å². The van der Waals surface area contributed by atoms with Crippen LogP contribution in [0.4, 0.5) is 0 Å². The number of esters is 1. The Balaban J connectivity index is 2.28. The number of carbonyl (C=O) groups excluding carboxylic acids is 1. The summed E-state index contributed by atoms with van der Waals surface area (Å²) in [6, 6.07) is 0. The molecule has 0 radical (unpaired) electrons. The van der Waals surface area contributed by atoms with Gasteiger partial charge in [0.05, 0.1) is 12.2 Å². The second kappa shape index (κ2) is 7.83. The fourth-order valence-corrected chi connectivity index (χ4v) is 3.71. The summed E-state index contributed by atoms with van der Waals surface area (Å²) in [5, 5.41) is 21.1. The zero-order valence-electron chi connectivity index (χ0n) is 15.3. The van der Waals surface area contributed by atoms with Gasteiger partial charge in [-0.3, -0.25) is 0 Å². The van der Waals surface area contributed by atoms with Crippen LogP contribution in [0.2, 0.25) is 0 Å². The highest BCUT2D eigenvalue weighted by molar-refractivity contribution is 5.89. The zero-order chi connectivity index (χ0) is 17.9. The summed E-state index contributed by atoms with van der Waals surface area (Å²) < 4.78 is 5.64. The standard InChI is InChI=1S/C20H32O4/c1-13-6-5-7-14(2)17(21)12-16-10-11-20(4,18(22)9-8-13)24-19(23)15(16)3/h6,14,16-18,21-22H,3,5,7-12H2,1-2,4H3/b13-6+/t14-,16+,17+,18-,20+/m1/s1. The van der Waals surface area contributed by atoms with Gasteiger partial charge in [-0.2, -0.15) is 0 Å². The number of fused-ring (bicyclic) bond motifs is 3. The number of aliphatic hydroxyl groups excluding tert-OH is 2. The molecule has 5 atom stereocenters. The van der Waals surface area contributed by atoms with Crippen molar-refractivity contribution < 1.29 is 19.7 Å². The maximum absolute atomic E-state index is 12.4. The van der Waals surface area contributed by atoms with E-state index in [4.69, 9.17) is 4.74 Å². The number of allylic oxidation sites excluding steroid dienone is 2. The van der Waals surface area contributed by atoms with Gasteiger partial charge in [0.25, 0.3) is 0 Å². The van der Waals surface area contributed by atoms with Gasteiger partial charge in [0.1, 0.15) is 5.60 Å². The van der Waals surface area contributed by atoms with Crippen LogP contribution in [-0.2, 0) is 9.53 Å². The van der Waals surface area contributed by atoms with E-state index >= 15 is 0 Å². The molecule has 2 N–H and O–H groups in total. The lowest BCUT2D eigenvalue weighted by molar-refractivity contribution is -0.165. The van der Waals surface area contributed by atoms with Crippen molar-refractivity contribution in [3.05, 3.63) is 23.8 Å². The molecule has 1 aliphatic heterocycles. The average Bonchev–Trinajstić information content (AvgIpc) is 2.64. The number of hydrogen-bond acceptors (Lipinski definition) is 4. The van der Waals surface area contributed by atoms with E-state index in [9.17, 15) is 15.0 Å². The summed E-state index contributed by atoms with van der Waals surface area (Å²) in [5.74, 6) is -0.328. The lowest BCUT2D eigenvalue weighted by atomic mass is 9.81. The molecule has 24 heavy (non-hydrogen) atoms. The predicted molar refractivity (Wildman–Crippen MR) is 94.4 cm³/mol. The van der Waals surface area contributed by atoms with Crippen molar-refractivity contribution in [1.82, 2.24) is 0 Å². The third-order valence-corrected chi connectivity index (χ3v) is 5.88. The van der Waals surface area contributed by atoms with Crippen LogP contribution in [0.5, 0.6) is 0 Å². The third-order valence-electron chi connectivity index (χ3n) is 5.88. The van der Waals surface area contributed by atoms with Crippen molar-refractivity contribution in [3.63, 3.8) is 0 Å². The van der Waals surface area contributed by atoms with E-state index in [-0.39, 0.29) is 11.8 Å². The van der Waals surface area contributed by atoms with Crippen molar-refractivity contribution in [3.8, 4) is 0 Å². The van der Waals surface area contributed by atoms with E-state index in [1.54, 1.807) is 0 Å². The number of carbonyl (C=O) groups is 1. The Morgan fingerprint density at radius 2 is 2.00 bits per heavy atom. The minimum atomic E-state index is -0.879. The molecule has 2 aliphatic rings. The minimum Gasteiger partial charge on any atom is -0.453 e. The summed E-state index contributed by atoms with van der Waals surface area (Å²) in [6.07, 6.45) is 6.10. The van der Waals surface area contributed by atoms with Crippen LogP contribution >= 0.6 is 0 Å². The second-order valence-corrected chi connectivity index (χ2v) is 7.93. The quantitative estimate of drug-likeness (QED) is 0.403. The smallest absolute Gasteiger partial charge is 0.334 e. The summed E-state index contributed by atoms with van der Waals surface area (Å²) in [6.45, 7) is 9.86. The highest BCUT2D eigenvalue weighted by atomic mass is 16.6. The van der Waals surface area contributed by atoms with Gasteiger partial charge >= 0.3 is 5.97 Å². The van der Waals surface area contributed by atoms with Crippen LogP contribution in [0, 0.1) is 11.8 Å². The third kappa shape index (κ3) is 4.48. The Morgan fingerprint density at radius 1 is 1.29 bits per heavy atom. The van der Waals surface area contributed by atoms with Gasteiger partial charge in [-0.15, -0.1) is 0 Å². The Bertz CT molecular complexity index is 510. The van der Waals surface area contributed by atoms with Gasteiger partial charge in [0.2, 0.25) is 0 Å². The first kappa shape index (κ1) is 19.2. The van der Waals surface area contributed by atoms with Crippen molar-refractivity contribution in [2.45, 2.75) is 83.5 Å². The molecule has 0 aromatic carbocycles. The number of ether oxygens (including phenoxy) is 1. The Hall–Kier alpha value is -1.13. The molecule has 0 spiro atoms. The van der Waals surface area contributed by atoms with Gasteiger partial charge in [-0.25, -0.2) is 4.79 Å². The highest BCUT2D eigenvalue weighted by Gasteiger charge is 2.42. The van der Waals surface area contributed by atoms with Gasteiger partial charge in [0.15, 0.2) is 0 Å². The van der Waals surface area contributed by atoms with Gasteiger partial charge in [-0.1, -0.05) is 25.2 Å². The molecule has 2 bridgehead atoms. The molecule has 0 unspecified atom stereocenters. The summed E-state index contributed by atoms with van der Waals surface area (Å²) in [4.78, 5) is 12.4. The first-order chi connectivity index (χ1) is 11.2. The maximum Gasteiger partial charge on any atom is 0.334 e. The Morgan fingerprint density at radius 3 is 2.71 bits per heavy atom. The molecule has 1 aliphatic carbocycles. The topological polar surface area (TPSA) is 66.8 Å². The Kier molecular flexibility index (Phi) is 6.27. The van der Waals surface area contributed by atoms with E-state index in [0.717, 1.165) is 19.3 Å². The molecule has 1 heterocycles. The minimum absolute atomic E-state index is 0.0795. The highest BCUT2D eigenvalue weighted by Crippen LogP contribution is 2.37. The fraction of sp³-hybridized carbons (Fsp3) is 0.750. The molecule has 0 saturated carbocycles. The van der Waals surface area contributed by atoms with Crippen LogP contribution in [0.15, 0.2) is 23.8 Å². The van der Waals surface area contributed by atoms with E-state index in [1.165, 1.54) is 5.57 Å². The van der Waals surface area contributed by atoms with Gasteiger partial charge in [0, 0.05) is 5.57 Å².